The number of nitrogens with one attached hydrogen (secondary N) is 2. The molecule has 0 heterocycles. The van der Waals surface area contributed by atoms with Crippen molar-refractivity contribution in [2.75, 3.05) is 4.72 Å². The van der Waals surface area contributed by atoms with E-state index in [1.165, 1.54) is 12.5 Å². The van der Waals surface area contributed by atoms with Crippen molar-refractivity contribution in [2.45, 2.75) is 63.3 Å². The van der Waals surface area contributed by atoms with Gasteiger partial charge in [0.15, 0.2) is 0 Å². The van der Waals surface area contributed by atoms with E-state index in [9.17, 15) is 13.2 Å². The zero-order valence-electron chi connectivity index (χ0n) is 16.5. The molecule has 0 atom stereocenters. The van der Waals surface area contributed by atoms with E-state index in [2.05, 4.69) is 10.0 Å². The maximum absolute atomic E-state index is 12.9. The molecule has 5 nitrogen and oxygen atoms in total. The number of amides is 1. The van der Waals surface area contributed by atoms with Gasteiger partial charge in [-0.05, 0) is 55.5 Å². The minimum absolute atomic E-state index is 0.0952. The molecule has 0 aliphatic heterocycles. The molecule has 0 bridgehead atoms. The Hall–Kier alpha value is -2.34. The van der Waals surface area contributed by atoms with Gasteiger partial charge in [0, 0.05) is 11.6 Å². The van der Waals surface area contributed by atoms with Gasteiger partial charge in [-0.2, -0.15) is 0 Å². The quantitative estimate of drug-likeness (QED) is 0.754. The van der Waals surface area contributed by atoms with E-state index in [1.807, 2.05) is 26.0 Å². The van der Waals surface area contributed by atoms with E-state index in [-0.39, 0.29) is 16.8 Å². The SMILES string of the molecule is CCc1ccccc1NS(=O)(=O)c1ccc(C)c(C(=O)NC2CCCCC2)c1. The van der Waals surface area contributed by atoms with Crippen molar-refractivity contribution >= 4 is 21.6 Å². The third kappa shape index (κ3) is 4.73. The minimum atomic E-state index is -3.78. The van der Waals surface area contributed by atoms with Gasteiger partial charge < -0.3 is 5.32 Å². The number of para-hydroxylation sites is 1. The van der Waals surface area contributed by atoms with Gasteiger partial charge in [0.05, 0.1) is 10.6 Å². The number of carbonyl (C=O) groups excluding carboxylic acids is 1. The van der Waals surface area contributed by atoms with Crippen LogP contribution >= 0.6 is 0 Å². The van der Waals surface area contributed by atoms with Crippen LogP contribution in [0.25, 0.3) is 0 Å². The predicted octanol–water partition coefficient (Wildman–Crippen LogP) is 4.42. The monoisotopic (exact) mass is 400 g/mol. The summed E-state index contributed by atoms with van der Waals surface area (Å²) in [6.45, 7) is 3.80. The Balaban J connectivity index is 1.84. The molecule has 1 aliphatic carbocycles. The molecule has 0 aromatic heterocycles. The number of anilines is 1. The van der Waals surface area contributed by atoms with Crippen LogP contribution in [0.2, 0.25) is 0 Å². The van der Waals surface area contributed by atoms with Gasteiger partial charge in [-0.15, -0.1) is 0 Å². The van der Waals surface area contributed by atoms with E-state index in [0.29, 0.717) is 11.3 Å². The summed E-state index contributed by atoms with van der Waals surface area (Å²) in [6.07, 6.45) is 6.15. The van der Waals surface area contributed by atoms with E-state index in [4.69, 9.17) is 0 Å². The summed E-state index contributed by atoms with van der Waals surface area (Å²) < 4.78 is 28.5. The first-order valence-corrected chi connectivity index (χ1v) is 11.4. The van der Waals surface area contributed by atoms with Crippen molar-refractivity contribution in [3.63, 3.8) is 0 Å². The van der Waals surface area contributed by atoms with Crippen LogP contribution in [0.1, 0.15) is 60.5 Å². The molecule has 0 unspecified atom stereocenters. The lowest BCUT2D eigenvalue weighted by molar-refractivity contribution is 0.0927. The number of aryl methyl sites for hydroxylation is 2. The summed E-state index contributed by atoms with van der Waals surface area (Å²) >= 11 is 0. The summed E-state index contributed by atoms with van der Waals surface area (Å²) in [4.78, 5) is 12.8. The van der Waals surface area contributed by atoms with Gasteiger partial charge in [-0.25, -0.2) is 8.42 Å². The molecule has 1 amide bonds. The van der Waals surface area contributed by atoms with Gasteiger partial charge in [-0.1, -0.05) is 50.5 Å². The standard InChI is InChI=1S/C22H28N2O3S/c1-3-17-9-7-8-12-21(17)24-28(26,27)19-14-13-16(2)20(15-19)22(25)23-18-10-5-4-6-11-18/h7-9,12-15,18,24H,3-6,10-11H2,1-2H3,(H,23,25). The van der Waals surface area contributed by atoms with Crippen LogP contribution in [-0.4, -0.2) is 20.4 Å². The third-order valence-electron chi connectivity index (χ3n) is 5.35. The van der Waals surface area contributed by atoms with Crippen molar-refractivity contribution in [2.24, 2.45) is 0 Å². The Bertz CT molecular complexity index is 948. The average molecular weight is 401 g/mol. The van der Waals surface area contributed by atoms with Gasteiger partial charge >= 0.3 is 0 Å². The smallest absolute Gasteiger partial charge is 0.261 e. The van der Waals surface area contributed by atoms with Crippen LogP contribution < -0.4 is 10.0 Å². The molecule has 2 aromatic carbocycles. The number of rotatable bonds is 6. The van der Waals surface area contributed by atoms with Crippen molar-refractivity contribution in [1.29, 1.82) is 0 Å². The van der Waals surface area contributed by atoms with E-state index in [0.717, 1.165) is 43.2 Å². The first kappa shape index (κ1) is 20.4. The highest BCUT2D eigenvalue weighted by atomic mass is 32.2. The van der Waals surface area contributed by atoms with E-state index < -0.39 is 10.0 Å². The largest absolute Gasteiger partial charge is 0.349 e. The Labute approximate surface area is 167 Å². The first-order chi connectivity index (χ1) is 13.4. The molecule has 3 rings (SSSR count). The van der Waals surface area contributed by atoms with Gasteiger partial charge in [0.25, 0.3) is 15.9 Å². The van der Waals surface area contributed by atoms with Crippen LogP contribution in [-0.2, 0) is 16.4 Å². The summed E-state index contributed by atoms with van der Waals surface area (Å²) in [5.41, 5.74) is 2.67. The Morgan fingerprint density at radius 3 is 2.50 bits per heavy atom. The topological polar surface area (TPSA) is 75.3 Å². The van der Waals surface area contributed by atoms with Crippen LogP contribution in [0.3, 0.4) is 0 Å². The molecule has 0 spiro atoms. The first-order valence-electron chi connectivity index (χ1n) is 9.93. The molecule has 1 fully saturated rings. The van der Waals surface area contributed by atoms with Crippen molar-refractivity contribution < 1.29 is 13.2 Å². The lowest BCUT2D eigenvalue weighted by atomic mass is 9.95. The second-order valence-electron chi connectivity index (χ2n) is 7.40. The summed E-state index contributed by atoms with van der Waals surface area (Å²) in [7, 11) is -3.78. The van der Waals surface area contributed by atoms with Crippen LogP contribution in [0.4, 0.5) is 5.69 Å². The molecule has 2 N–H and O–H groups in total. The number of hydrogen-bond acceptors (Lipinski definition) is 3. The van der Waals surface area contributed by atoms with Crippen molar-refractivity contribution in [1.82, 2.24) is 5.32 Å². The molecular formula is C22H28N2O3S. The second kappa shape index (κ2) is 8.78. The van der Waals surface area contributed by atoms with Gasteiger partial charge in [0.2, 0.25) is 0 Å². The fourth-order valence-corrected chi connectivity index (χ4v) is 4.78. The van der Waals surface area contributed by atoms with Crippen LogP contribution in [0.5, 0.6) is 0 Å². The normalized spacial score (nSPS) is 15.2. The second-order valence-corrected chi connectivity index (χ2v) is 9.08. The maximum atomic E-state index is 12.9. The summed E-state index contributed by atoms with van der Waals surface area (Å²) in [6, 6.07) is 12.2. The number of carbonyl (C=O) groups is 1. The van der Waals surface area contributed by atoms with Crippen molar-refractivity contribution in [3.05, 3.63) is 59.2 Å². The lowest BCUT2D eigenvalue weighted by Gasteiger charge is -2.23. The Morgan fingerprint density at radius 2 is 1.79 bits per heavy atom. The van der Waals surface area contributed by atoms with E-state index >= 15 is 0 Å². The van der Waals surface area contributed by atoms with E-state index in [1.54, 1.807) is 24.3 Å². The molecular weight excluding hydrogens is 372 g/mol. The highest BCUT2D eigenvalue weighted by Gasteiger charge is 2.21. The predicted molar refractivity (Wildman–Crippen MR) is 112 cm³/mol. The molecule has 6 heteroatoms. The number of sulfonamides is 1. The molecule has 28 heavy (non-hydrogen) atoms. The molecule has 2 aromatic rings. The number of benzene rings is 2. The molecule has 0 radical (unpaired) electrons. The fourth-order valence-electron chi connectivity index (χ4n) is 3.65. The summed E-state index contributed by atoms with van der Waals surface area (Å²) in [5.74, 6) is -0.199. The molecule has 150 valence electrons. The zero-order valence-corrected chi connectivity index (χ0v) is 17.3. The molecule has 1 saturated carbocycles. The lowest BCUT2D eigenvalue weighted by Crippen LogP contribution is -2.36. The van der Waals surface area contributed by atoms with Crippen LogP contribution in [0.15, 0.2) is 47.4 Å². The Morgan fingerprint density at radius 1 is 1.07 bits per heavy atom. The summed E-state index contributed by atoms with van der Waals surface area (Å²) in [5, 5.41) is 3.07. The average Bonchev–Trinajstić information content (AvgIpc) is 2.69. The number of hydrogen-bond donors (Lipinski definition) is 2. The van der Waals surface area contributed by atoms with Crippen molar-refractivity contribution in [3.8, 4) is 0 Å². The fraction of sp³-hybridized carbons (Fsp3) is 0.409. The zero-order chi connectivity index (χ0) is 20.1. The third-order valence-corrected chi connectivity index (χ3v) is 6.71. The Kier molecular flexibility index (Phi) is 6.39. The minimum Gasteiger partial charge on any atom is -0.349 e. The van der Waals surface area contributed by atoms with Gasteiger partial charge in [0.1, 0.15) is 0 Å². The molecule has 0 saturated heterocycles. The van der Waals surface area contributed by atoms with Crippen LogP contribution in [0, 0.1) is 6.92 Å². The highest BCUT2D eigenvalue weighted by Crippen LogP contribution is 2.23. The molecule has 1 aliphatic rings. The highest BCUT2D eigenvalue weighted by molar-refractivity contribution is 7.92. The van der Waals surface area contributed by atoms with Gasteiger partial charge in [-0.3, -0.25) is 9.52 Å². The maximum Gasteiger partial charge on any atom is 0.261 e.